The summed E-state index contributed by atoms with van der Waals surface area (Å²) in [5.74, 6) is -0.225. The predicted molar refractivity (Wildman–Crippen MR) is 182 cm³/mol. The Labute approximate surface area is 252 Å². The number of hydrogen-bond acceptors (Lipinski definition) is 7. The Kier molecular flexibility index (Phi) is 61.5. The van der Waals surface area contributed by atoms with Crippen LogP contribution in [0.5, 0.6) is 0 Å². The molecule has 0 saturated heterocycles. The lowest BCUT2D eigenvalue weighted by atomic mass is 10.0. The molecule has 246 valence electrons. The maximum Gasteiger partial charge on any atom is 0.237 e. The van der Waals surface area contributed by atoms with Crippen molar-refractivity contribution < 1.29 is 14.4 Å². The van der Waals surface area contributed by atoms with E-state index in [1.54, 1.807) is 14.1 Å². The summed E-state index contributed by atoms with van der Waals surface area (Å²) in [7, 11) is 5.94. The van der Waals surface area contributed by atoms with Crippen molar-refractivity contribution in [2.24, 2.45) is 11.5 Å². The first kappa shape index (κ1) is 51.6. The first-order chi connectivity index (χ1) is 19.4. The van der Waals surface area contributed by atoms with E-state index in [0.717, 1.165) is 44.9 Å². The van der Waals surface area contributed by atoms with Gasteiger partial charge in [0.05, 0.1) is 18.1 Å². The van der Waals surface area contributed by atoms with Crippen LogP contribution in [-0.4, -0.2) is 76.1 Å². The van der Waals surface area contributed by atoms with Gasteiger partial charge in [0.15, 0.2) is 5.78 Å². The maximum atomic E-state index is 12.4. The van der Waals surface area contributed by atoms with Crippen molar-refractivity contribution in [1.29, 1.82) is 0 Å². The SMILES string of the molecule is CC.CC.CC.CC.CNC(CCCCN)C(=O)NCCCCC(NC(=O)C(CCCCN)NC)C(C)=O.CP. The molecule has 0 aromatic carbocycles. The van der Waals surface area contributed by atoms with E-state index in [1.165, 1.54) is 6.92 Å². The Balaban J connectivity index is -0.000000258. The minimum absolute atomic E-state index is 0.0136. The van der Waals surface area contributed by atoms with Gasteiger partial charge in [0.25, 0.3) is 0 Å². The zero-order chi connectivity index (χ0) is 32.8. The summed E-state index contributed by atoms with van der Waals surface area (Å²) in [5, 5.41) is 11.8. The molecule has 0 rings (SSSR count). The van der Waals surface area contributed by atoms with Gasteiger partial charge in [-0.3, -0.25) is 14.4 Å². The molecule has 9 nitrogen and oxygen atoms in total. The van der Waals surface area contributed by atoms with E-state index in [4.69, 9.17) is 11.5 Å². The van der Waals surface area contributed by atoms with E-state index in [-0.39, 0.29) is 29.7 Å². The summed E-state index contributed by atoms with van der Waals surface area (Å²) >= 11 is 0. The number of amides is 2. The molecule has 8 N–H and O–H groups in total. The highest BCUT2D eigenvalue weighted by Gasteiger charge is 2.22. The number of ketones is 1. The fourth-order valence-electron chi connectivity index (χ4n) is 3.26. The Bertz CT molecular complexity index is 500. The van der Waals surface area contributed by atoms with Crippen molar-refractivity contribution in [3.05, 3.63) is 0 Å². The number of carbonyl (C=O) groups is 3. The van der Waals surface area contributed by atoms with Gasteiger partial charge in [-0.05, 0) is 79.1 Å². The molecule has 40 heavy (non-hydrogen) atoms. The summed E-state index contributed by atoms with van der Waals surface area (Å²) in [6, 6.07) is -1.03. The number of nitrogens with two attached hydrogens (primary N) is 2. The lowest BCUT2D eigenvalue weighted by Gasteiger charge is -2.21. The van der Waals surface area contributed by atoms with Gasteiger partial charge in [-0.1, -0.05) is 74.9 Å². The highest BCUT2D eigenvalue weighted by molar-refractivity contribution is 7.15. The van der Waals surface area contributed by atoms with Gasteiger partial charge in [0.1, 0.15) is 0 Å². The van der Waals surface area contributed by atoms with Crippen molar-refractivity contribution in [1.82, 2.24) is 21.3 Å². The second-order valence-electron chi connectivity index (χ2n) is 7.71. The molecule has 0 spiro atoms. The molecule has 0 aliphatic rings. The molecule has 0 aromatic rings. The van der Waals surface area contributed by atoms with Crippen LogP contribution in [0.15, 0.2) is 0 Å². The van der Waals surface area contributed by atoms with Gasteiger partial charge in [-0.25, -0.2) is 0 Å². The molecule has 0 aliphatic carbocycles. The van der Waals surface area contributed by atoms with Gasteiger partial charge in [-0.15, -0.1) is 9.24 Å². The zero-order valence-electron chi connectivity index (χ0n) is 28.7. The number of likely N-dealkylation sites (N-methyl/N-ethyl adjacent to an activating group) is 2. The number of Topliss-reactive ketones (excluding diaryl/α,β-unsaturated/α-hetero) is 1. The smallest absolute Gasteiger partial charge is 0.237 e. The third-order valence-electron chi connectivity index (χ3n) is 5.25. The van der Waals surface area contributed by atoms with Crippen LogP contribution < -0.4 is 32.7 Å². The molecule has 0 aromatic heterocycles. The molecule has 10 heteroatoms. The van der Waals surface area contributed by atoms with Crippen molar-refractivity contribution >= 4 is 26.8 Å². The summed E-state index contributed by atoms with van der Waals surface area (Å²) in [4.78, 5) is 36.6. The molecule has 0 heterocycles. The lowest BCUT2D eigenvalue weighted by molar-refractivity contribution is -0.128. The first-order valence-corrected chi connectivity index (χ1v) is 17.0. The third-order valence-corrected chi connectivity index (χ3v) is 5.25. The second-order valence-corrected chi connectivity index (χ2v) is 7.71. The van der Waals surface area contributed by atoms with E-state index in [2.05, 4.69) is 30.5 Å². The maximum absolute atomic E-state index is 12.4. The Morgan fingerprint density at radius 2 is 0.950 bits per heavy atom. The van der Waals surface area contributed by atoms with Crippen LogP contribution >= 0.6 is 9.24 Å². The molecule has 4 unspecified atom stereocenters. The van der Waals surface area contributed by atoms with Gasteiger partial charge in [0.2, 0.25) is 11.8 Å². The highest BCUT2D eigenvalue weighted by atomic mass is 31.0. The van der Waals surface area contributed by atoms with Gasteiger partial charge >= 0.3 is 0 Å². The Hall–Kier alpha value is -1.12. The first-order valence-electron chi connectivity index (χ1n) is 15.8. The van der Waals surface area contributed by atoms with E-state index in [0.29, 0.717) is 32.5 Å². The minimum atomic E-state index is -0.500. The lowest BCUT2D eigenvalue weighted by Crippen LogP contribution is -2.49. The van der Waals surface area contributed by atoms with Crippen LogP contribution in [0.4, 0.5) is 0 Å². The van der Waals surface area contributed by atoms with Crippen molar-refractivity contribution in [2.75, 3.05) is 40.4 Å². The fourth-order valence-corrected chi connectivity index (χ4v) is 3.26. The van der Waals surface area contributed by atoms with Crippen LogP contribution in [-0.2, 0) is 14.4 Å². The molecule has 4 atom stereocenters. The summed E-state index contributed by atoms with van der Waals surface area (Å²) in [5.41, 5.74) is 11.0. The summed E-state index contributed by atoms with van der Waals surface area (Å²) < 4.78 is 0. The largest absolute Gasteiger partial charge is 0.355 e. The molecule has 0 fully saturated rings. The topological polar surface area (TPSA) is 151 Å². The number of unbranched alkanes of at least 4 members (excludes halogenated alkanes) is 3. The quantitative estimate of drug-likeness (QED) is 0.0956. The van der Waals surface area contributed by atoms with Crippen LogP contribution in [0.2, 0.25) is 0 Å². The van der Waals surface area contributed by atoms with Crippen LogP contribution in [0.3, 0.4) is 0 Å². The van der Waals surface area contributed by atoms with Gasteiger partial charge < -0.3 is 32.7 Å². The second kappa shape index (κ2) is 47.7. The zero-order valence-corrected chi connectivity index (χ0v) is 29.8. The Morgan fingerprint density at radius 1 is 0.600 bits per heavy atom. The number of nitrogens with one attached hydrogen (secondary N) is 4. The van der Waals surface area contributed by atoms with E-state index < -0.39 is 6.04 Å². The van der Waals surface area contributed by atoms with Crippen molar-refractivity contribution in [3.63, 3.8) is 0 Å². The normalized spacial score (nSPS) is 11.3. The number of rotatable bonds is 19. The van der Waals surface area contributed by atoms with Crippen molar-refractivity contribution in [2.45, 2.75) is 138 Å². The van der Waals surface area contributed by atoms with Gasteiger partial charge in [0, 0.05) is 6.54 Å². The monoisotopic (exact) mass is 597 g/mol. The predicted octanol–water partition coefficient (Wildman–Crippen LogP) is 4.38. The molecular weight excluding hydrogens is 523 g/mol. The highest BCUT2D eigenvalue weighted by Crippen LogP contribution is 2.06. The minimum Gasteiger partial charge on any atom is -0.355 e. The fraction of sp³-hybridized carbons (Fsp3) is 0.900. The number of hydrogen-bond donors (Lipinski definition) is 6. The van der Waals surface area contributed by atoms with Crippen LogP contribution in [0.1, 0.15) is 120 Å². The third kappa shape index (κ3) is 34.9. The molecule has 0 bridgehead atoms. The van der Waals surface area contributed by atoms with Crippen LogP contribution in [0.25, 0.3) is 0 Å². The average Bonchev–Trinajstić information content (AvgIpc) is 3.01. The van der Waals surface area contributed by atoms with Gasteiger partial charge in [-0.2, -0.15) is 0 Å². The van der Waals surface area contributed by atoms with E-state index >= 15 is 0 Å². The molecule has 0 saturated carbocycles. The Morgan fingerprint density at radius 3 is 1.30 bits per heavy atom. The standard InChI is InChI=1S/C21H44N6O3.4C2H6.CH5P/c1-16(28)17(27-21(30)19(25-3)12-5-8-14-23)10-6-9-15-26-20(29)18(24-2)11-4-7-13-22;5*1-2/h17-19,24-25H,4-15,22-23H2,1-3H3,(H,26,29)(H,27,30);4*1-2H3;2H2,1H3. The molecule has 0 radical (unpaired) electrons. The molecular formula is C30H73N6O3P. The summed E-state index contributed by atoms with van der Waals surface area (Å²) in [6.07, 6.45) is 7.04. The number of carbonyl (C=O) groups excluding carboxylic acids is 3. The van der Waals surface area contributed by atoms with E-state index in [1.807, 2.05) is 62.1 Å². The van der Waals surface area contributed by atoms with Crippen LogP contribution in [0, 0.1) is 0 Å². The average molecular weight is 597 g/mol. The molecule has 0 aliphatic heterocycles. The van der Waals surface area contributed by atoms with Crippen molar-refractivity contribution in [3.8, 4) is 0 Å². The van der Waals surface area contributed by atoms with E-state index in [9.17, 15) is 14.4 Å². The summed E-state index contributed by atoms with van der Waals surface area (Å²) in [6.45, 7) is 21.2. The molecule has 2 amide bonds.